The number of carbonyl (C=O) groups is 1. The summed E-state index contributed by atoms with van der Waals surface area (Å²) in [6.07, 6.45) is 13.6. The second-order valence-electron chi connectivity index (χ2n) is 15.5. The standard InChI is InChI=1S/C36H55NO3/c1-24(9-12-33(40)37-19-15-26(16-20-37)21-25-7-5-4-6-8-25)29-10-11-30-34-31(14-18-36(29,30)3)35(2)17-13-28(38)22-27(35)23-32(34)39/h4-8,24,26-32,34,38-39H,9-23H2,1-3H3/t24-,27+,28-,29-,30+,31+,32+,34+,35+,36-/m1/s1. The van der Waals surface area contributed by atoms with E-state index in [1.807, 2.05) is 0 Å². The molecule has 4 heteroatoms. The topological polar surface area (TPSA) is 60.8 Å². The van der Waals surface area contributed by atoms with Crippen LogP contribution in [0.15, 0.2) is 30.3 Å². The third kappa shape index (κ3) is 5.19. The van der Waals surface area contributed by atoms with Crippen LogP contribution < -0.4 is 0 Å². The molecule has 4 saturated carbocycles. The highest BCUT2D eigenvalue weighted by molar-refractivity contribution is 5.76. The first kappa shape index (κ1) is 28.7. The highest BCUT2D eigenvalue weighted by atomic mass is 16.3. The van der Waals surface area contributed by atoms with Crippen LogP contribution in [0.1, 0.15) is 103 Å². The minimum atomic E-state index is -0.210. The van der Waals surface area contributed by atoms with Gasteiger partial charge in [-0.3, -0.25) is 4.79 Å². The van der Waals surface area contributed by atoms with Crippen LogP contribution >= 0.6 is 0 Å². The minimum absolute atomic E-state index is 0.171. The van der Waals surface area contributed by atoms with Crippen LogP contribution in [0.2, 0.25) is 0 Å². The van der Waals surface area contributed by atoms with Gasteiger partial charge in [-0.05, 0) is 135 Å². The predicted molar refractivity (Wildman–Crippen MR) is 160 cm³/mol. The second-order valence-corrected chi connectivity index (χ2v) is 15.5. The summed E-state index contributed by atoms with van der Waals surface area (Å²) in [6, 6.07) is 10.8. The third-order valence-corrected chi connectivity index (χ3v) is 13.6. The molecule has 1 aromatic rings. The number of aliphatic hydroxyl groups is 2. The zero-order valence-electron chi connectivity index (χ0n) is 25.4. The number of fused-ring (bicyclic) bond motifs is 5. The molecule has 2 N–H and O–H groups in total. The second kappa shape index (κ2) is 11.4. The number of hydrogen-bond acceptors (Lipinski definition) is 3. The summed E-state index contributed by atoms with van der Waals surface area (Å²) in [6.45, 7) is 9.31. The van der Waals surface area contributed by atoms with Crippen molar-refractivity contribution in [3.8, 4) is 0 Å². The highest BCUT2D eigenvalue weighted by Gasteiger charge is 2.62. The number of nitrogens with zero attached hydrogens (tertiary/aromatic N) is 1. The monoisotopic (exact) mass is 549 g/mol. The van der Waals surface area contributed by atoms with Crippen molar-refractivity contribution in [2.24, 2.45) is 52.3 Å². The van der Waals surface area contributed by atoms with Crippen molar-refractivity contribution in [1.82, 2.24) is 4.90 Å². The van der Waals surface area contributed by atoms with Gasteiger partial charge in [-0.15, -0.1) is 0 Å². The number of likely N-dealkylation sites (tertiary alicyclic amines) is 1. The third-order valence-electron chi connectivity index (χ3n) is 13.6. The fourth-order valence-electron chi connectivity index (χ4n) is 11.2. The molecule has 6 rings (SSSR count). The van der Waals surface area contributed by atoms with E-state index in [4.69, 9.17) is 0 Å². The van der Waals surface area contributed by atoms with Gasteiger partial charge in [0.25, 0.3) is 0 Å². The van der Waals surface area contributed by atoms with Crippen LogP contribution in [-0.2, 0) is 11.2 Å². The number of carbonyl (C=O) groups excluding carboxylic acids is 1. The number of amides is 1. The Morgan fingerprint density at radius 2 is 1.62 bits per heavy atom. The van der Waals surface area contributed by atoms with Gasteiger partial charge in [0.2, 0.25) is 5.91 Å². The average molecular weight is 550 g/mol. The predicted octanol–water partition coefficient (Wildman–Crippen LogP) is 6.87. The fourth-order valence-corrected chi connectivity index (χ4v) is 11.2. The summed E-state index contributed by atoms with van der Waals surface area (Å²) < 4.78 is 0. The quantitative estimate of drug-likeness (QED) is 0.407. The first-order valence-corrected chi connectivity index (χ1v) is 16.9. The summed E-state index contributed by atoms with van der Waals surface area (Å²) in [5.74, 6) is 4.39. The molecule has 0 unspecified atom stereocenters. The smallest absolute Gasteiger partial charge is 0.222 e. The lowest BCUT2D eigenvalue weighted by Crippen LogP contribution is -2.58. The largest absolute Gasteiger partial charge is 0.393 e. The molecule has 0 radical (unpaired) electrons. The minimum Gasteiger partial charge on any atom is -0.393 e. The summed E-state index contributed by atoms with van der Waals surface area (Å²) in [7, 11) is 0. The summed E-state index contributed by atoms with van der Waals surface area (Å²) in [4.78, 5) is 15.4. The van der Waals surface area contributed by atoms with Crippen LogP contribution in [-0.4, -0.2) is 46.3 Å². The van der Waals surface area contributed by atoms with Crippen LogP contribution in [0.4, 0.5) is 0 Å². The van der Waals surface area contributed by atoms with Gasteiger partial charge in [-0.25, -0.2) is 0 Å². The molecule has 10 atom stereocenters. The van der Waals surface area contributed by atoms with Crippen LogP contribution in [0.3, 0.4) is 0 Å². The van der Waals surface area contributed by atoms with Gasteiger partial charge >= 0.3 is 0 Å². The van der Waals surface area contributed by atoms with Crippen LogP contribution in [0.25, 0.3) is 0 Å². The molecule has 1 aliphatic heterocycles. The summed E-state index contributed by atoms with van der Waals surface area (Å²) >= 11 is 0. The maximum Gasteiger partial charge on any atom is 0.222 e. The number of hydrogen-bond donors (Lipinski definition) is 2. The molecule has 1 aromatic carbocycles. The van der Waals surface area contributed by atoms with Crippen LogP contribution in [0.5, 0.6) is 0 Å². The zero-order chi connectivity index (χ0) is 28.1. The number of piperidine rings is 1. The summed E-state index contributed by atoms with van der Waals surface area (Å²) in [5, 5.41) is 21.9. The number of rotatable bonds is 6. The Balaban J connectivity index is 1.03. The van der Waals surface area contributed by atoms with Crippen LogP contribution in [0, 0.1) is 52.3 Å². The van der Waals surface area contributed by atoms with Crippen molar-refractivity contribution in [2.45, 2.75) is 116 Å². The molecule has 0 spiro atoms. The van der Waals surface area contributed by atoms with E-state index >= 15 is 0 Å². The van der Waals surface area contributed by atoms with E-state index in [1.165, 1.54) is 31.2 Å². The molecule has 5 fully saturated rings. The van der Waals surface area contributed by atoms with Gasteiger partial charge in [0.15, 0.2) is 0 Å². The Bertz CT molecular complexity index is 1020. The van der Waals surface area contributed by atoms with Crippen molar-refractivity contribution >= 4 is 5.91 Å². The molecule has 1 heterocycles. The molecule has 1 amide bonds. The zero-order valence-corrected chi connectivity index (χ0v) is 25.4. The van der Waals surface area contributed by atoms with Crippen molar-refractivity contribution < 1.29 is 15.0 Å². The van der Waals surface area contributed by atoms with Crippen molar-refractivity contribution in [3.63, 3.8) is 0 Å². The first-order chi connectivity index (χ1) is 19.2. The SMILES string of the molecule is C[C@H](CCC(=O)N1CCC(Cc2ccccc2)CC1)[C@H]1CC[C@H]2[C@@H]3[C@@H](O)C[C@@H]4C[C@H](O)CC[C@]4(C)[C@H]3CC[C@]12C. The molecule has 4 aliphatic carbocycles. The average Bonchev–Trinajstić information content (AvgIpc) is 3.31. The first-order valence-electron chi connectivity index (χ1n) is 16.9. The van der Waals surface area contributed by atoms with E-state index in [0.717, 1.165) is 64.5 Å². The molecule has 0 aromatic heterocycles. The maximum absolute atomic E-state index is 13.2. The lowest BCUT2D eigenvalue weighted by Gasteiger charge is -2.62. The Labute approximate surface area is 243 Å². The molecular formula is C36H55NO3. The van der Waals surface area contributed by atoms with E-state index in [1.54, 1.807) is 0 Å². The van der Waals surface area contributed by atoms with Gasteiger partial charge in [-0.1, -0.05) is 51.1 Å². The van der Waals surface area contributed by atoms with E-state index in [2.05, 4.69) is 56.0 Å². The molecule has 5 aliphatic rings. The fraction of sp³-hybridized carbons (Fsp3) is 0.806. The van der Waals surface area contributed by atoms with E-state index in [-0.39, 0.29) is 23.0 Å². The normalized spacial score (nSPS) is 42.5. The maximum atomic E-state index is 13.2. The van der Waals surface area contributed by atoms with Gasteiger partial charge in [0, 0.05) is 19.5 Å². The number of aliphatic hydroxyl groups excluding tert-OH is 2. The van der Waals surface area contributed by atoms with Gasteiger partial charge in [0.05, 0.1) is 12.2 Å². The lowest BCUT2D eigenvalue weighted by molar-refractivity contribution is -0.174. The Hall–Kier alpha value is -1.39. The summed E-state index contributed by atoms with van der Waals surface area (Å²) in [5.41, 5.74) is 2.00. The van der Waals surface area contributed by atoms with Gasteiger partial charge < -0.3 is 15.1 Å². The molecule has 4 nitrogen and oxygen atoms in total. The van der Waals surface area contributed by atoms with E-state index in [0.29, 0.717) is 53.8 Å². The van der Waals surface area contributed by atoms with Crippen molar-refractivity contribution in [3.05, 3.63) is 35.9 Å². The Morgan fingerprint density at radius 1 is 0.925 bits per heavy atom. The Morgan fingerprint density at radius 3 is 2.38 bits per heavy atom. The molecular weight excluding hydrogens is 494 g/mol. The molecule has 40 heavy (non-hydrogen) atoms. The highest BCUT2D eigenvalue weighted by Crippen LogP contribution is 2.68. The van der Waals surface area contributed by atoms with Gasteiger partial charge in [0.1, 0.15) is 0 Å². The number of benzene rings is 1. The molecule has 222 valence electrons. The lowest BCUT2D eigenvalue weighted by atomic mass is 9.43. The van der Waals surface area contributed by atoms with Gasteiger partial charge in [-0.2, -0.15) is 0 Å². The van der Waals surface area contributed by atoms with Crippen molar-refractivity contribution in [2.75, 3.05) is 13.1 Å². The van der Waals surface area contributed by atoms with E-state index < -0.39 is 0 Å². The molecule has 1 saturated heterocycles. The Kier molecular flexibility index (Phi) is 8.16. The van der Waals surface area contributed by atoms with E-state index in [9.17, 15) is 15.0 Å². The molecule has 0 bridgehead atoms. The van der Waals surface area contributed by atoms with Crippen molar-refractivity contribution in [1.29, 1.82) is 0 Å².